The van der Waals surface area contributed by atoms with Gasteiger partial charge in [-0.3, -0.25) is 4.79 Å². The highest BCUT2D eigenvalue weighted by molar-refractivity contribution is 5.92. The SMILES string of the molecule is COc1ccc([C@@](C)(O)[C@@H]2CCCN2C(=O)c2ccc[nH]2)cc1. The van der Waals surface area contributed by atoms with Crippen molar-refractivity contribution in [2.75, 3.05) is 13.7 Å². The normalized spacial score (nSPS) is 20.3. The van der Waals surface area contributed by atoms with Gasteiger partial charge in [0.25, 0.3) is 5.91 Å². The molecule has 1 fully saturated rings. The van der Waals surface area contributed by atoms with Crippen molar-refractivity contribution < 1.29 is 14.6 Å². The molecule has 3 rings (SSSR count). The molecule has 5 heteroatoms. The third-order valence-corrected chi connectivity index (χ3v) is 4.67. The number of likely N-dealkylation sites (tertiary alicyclic amines) is 1. The molecule has 23 heavy (non-hydrogen) atoms. The number of carbonyl (C=O) groups is 1. The lowest BCUT2D eigenvalue weighted by molar-refractivity contribution is -0.0178. The first-order valence-corrected chi connectivity index (χ1v) is 7.85. The maximum atomic E-state index is 12.7. The smallest absolute Gasteiger partial charge is 0.270 e. The Balaban J connectivity index is 1.86. The van der Waals surface area contributed by atoms with E-state index in [1.165, 1.54) is 0 Å². The van der Waals surface area contributed by atoms with Crippen molar-refractivity contribution in [3.05, 3.63) is 53.9 Å². The van der Waals surface area contributed by atoms with Crippen LogP contribution in [0.1, 0.15) is 35.8 Å². The van der Waals surface area contributed by atoms with E-state index in [-0.39, 0.29) is 11.9 Å². The molecular formula is C18H22N2O3. The lowest BCUT2D eigenvalue weighted by atomic mass is 9.86. The third-order valence-electron chi connectivity index (χ3n) is 4.67. The molecule has 1 saturated heterocycles. The molecule has 1 aliphatic heterocycles. The Morgan fingerprint density at radius 1 is 1.35 bits per heavy atom. The number of ether oxygens (including phenoxy) is 1. The van der Waals surface area contributed by atoms with Gasteiger partial charge in [0.2, 0.25) is 0 Å². The van der Waals surface area contributed by atoms with Crippen molar-refractivity contribution in [2.45, 2.75) is 31.4 Å². The van der Waals surface area contributed by atoms with E-state index >= 15 is 0 Å². The number of hydrogen-bond donors (Lipinski definition) is 2. The molecule has 0 bridgehead atoms. The molecule has 0 saturated carbocycles. The van der Waals surface area contributed by atoms with Gasteiger partial charge in [-0.1, -0.05) is 12.1 Å². The predicted octanol–water partition coefficient (Wildman–Crippen LogP) is 2.54. The van der Waals surface area contributed by atoms with Crippen molar-refractivity contribution in [3.63, 3.8) is 0 Å². The number of rotatable bonds is 4. The van der Waals surface area contributed by atoms with E-state index in [0.717, 1.165) is 24.2 Å². The van der Waals surface area contributed by atoms with Crippen molar-refractivity contribution in [2.24, 2.45) is 0 Å². The van der Waals surface area contributed by atoms with Gasteiger partial charge >= 0.3 is 0 Å². The number of benzene rings is 1. The van der Waals surface area contributed by atoms with Gasteiger partial charge in [0.1, 0.15) is 17.0 Å². The van der Waals surface area contributed by atoms with E-state index in [2.05, 4.69) is 4.98 Å². The summed E-state index contributed by atoms with van der Waals surface area (Å²) in [5, 5.41) is 11.1. The molecule has 1 aromatic heterocycles. The summed E-state index contributed by atoms with van der Waals surface area (Å²) < 4.78 is 5.17. The minimum Gasteiger partial charge on any atom is -0.497 e. The minimum atomic E-state index is -1.11. The molecule has 0 radical (unpaired) electrons. The number of aliphatic hydroxyl groups is 1. The molecule has 1 aromatic carbocycles. The van der Waals surface area contributed by atoms with Crippen LogP contribution < -0.4 is 4.74 Å². The Labute approximate surface area is 135 Å². The lowest BCUT2D eigenvalue weighted by Crippen LogP contribution is -2.48. The summed E-state index contributed by atoms with van der Waals surface area (Å²) in [5.74, 6) is 0.682. The highest BCUT2D eigenvalue weighted by Gasteiger charge is 2.42. The molecule has 5 nitrogen and oxygen atoms in total. The second-order valence-electron chi connectivity index (χ2n) is 6.12. The minimum absolute atomic E-state index is 0.0636. The maximum absolute atomic E-state index is 12.7. The van der Waals surface area contributed by atoms with Crippen LogP contribution in [0, 0.1) is 0 Å². The van der Waals surface area contributed by atoms with Crippen LogP contribution in [0.15, 0.2) is 42.6 Å². The fraction of sp³-hybridized carbons (Fsp3) is 0.389. The molecule has 0 aliphatic carbocycles. The number of hydrogen-bond acceptors (Lipinski definition) is 3. The van der Waals surface area contributed by atoms with Crippen LogP contribution in [-0.2, 0) is 5.60 Å². The Kier molecular flexibility index (Phi) is 4.13. The zero-order valence-electron chi connectivity index (χ0n) is 13.5. The van der Waals surface area contributed by atoms with Crippen molar-refractivity contribution in [1.82, 2.24) is 9.88 Å². The van der Waals surface area contributed by atoms with Crippen LogP contribution in [0.25, 0.3) is 0 Å². The van der Waals surface area contributed by atoms with Crippen LogP contribution in [0.4, 0.5) is 0 Å². The second kappa shape index (κ2) is 6.08. The summed E-state index contributed by atoms with van der Waals surface area (Å²) in [5.41, 5.74) is 0.238. The monoisotopic (exact) mass is 314 g/mol. The molecule has 0 unspecified atom stereocenters. The molecule has 2 aromatic rings. The zero-order valence-corrected chi connectivity index (χ0v) is 13.5. The van der Waals surface area contributed by atoms with Crippen LogP contribution in [0.5, 0.6) is 5.75 Å². The molecule has 1 amide bonds. The largest absolute Gasteiger partial charge is 0.497 e. The topological polar surface area (TPSA) is 65.6 Å². The summed E-state index contributed by atoms with van der Waals surface area (Å²) in [6.07, 6.45) is 3.41. The van der Waals surface area contributed by atoms with E-state index < -0.39 is 5.60 Å². The number of nitrogens with zero attached hydrogens (tertiary/aromatic N) is 1. The van der Waals surface area contributed by atoms with E-state index in [9.17, 15) is 9.90 Å². The van der Waals surface area contributed by atoms with Gasteiger partial charge in [-0.25, -0.2) is 0 Å². The van der Waals surface area contributed by atoms with Gasteiger partial charge < -0.3 is 19.7 Å². The molecular weight excluding hydrogens is 292 g/mol. The van der Waals surface area contributed by atoms with Crippen LogP contribution in [0.2, 0.25) is 0 Å². The number of carbonyl (C=O) groups excluding carboxylic acids is 1. The molecule has 2 heterocycles. The first-order valence-electron chi connectivity index (χ1n) is 7.85. The third kappa shape index (κ3) is 2.84. The maximum Gasteiger partial charge on any atom is 0.270 e. The predicted molar refractivity (Wildman–Crippen MR) is 87.4 cm³/mol. The molecule has 0 spiro atoms. The average Bonchev–Trinajstić information content (AvgIpc) is 3.25. The first kappa shape index (κ1) is 15.6. The number of nitrogens with one attached hydrogen (secondary N) is 1. The Hall–Kier alpha value is -2.27. The molecule has 2 N–H and O–H groups in total. The summed E-state index contributed by atoms with van der Waals surface area (Å²) in [6.45, 7) is 2.44. The van der Waals surface area contributed by atoms with E-state index in [1.54, 1.807) is 37.3 Å². The number of aromatic amines is 1. The van der Waals surface area contributed by atoms with Gasteiger partial charge in [0.05, 0.1) is 13.2 Å². The Morgan fingerprint density at radius 2 is 2.09 bits per heavy atom. The van der Waals surface area contributed by atoms with Gasteiger partial charge in [-0.15, -0.1) is 0 Å². The standard InChI is InChI=1S/C18H22N2O3/c1-18(22,13-7-9-14(23-2)10-8-13)16-6-4-12-20(16)17(21)15-5-3-11-19-15/h3,5,7-11,16,19,22H,4,6,12H2,1-2H3/t16-,18+/m0/s1. The lowest BCUT2D eigenvalue weighted by Gasteiger charge is -2.36. The van der Waals surface area contributed by atoms with Gasteiger partial charge in [-0.05, 0) is 49.6 Å². The molecule has 122 valence electrons. The van der Waals surface area contributed by atoms with E-state index in [0.29, 0.717) is 12.2 Å². The summed E-state index contributed by atoms with van der Waals surface area (Å²) in [4.78, 5) is 17.4. The summed E-state index contributed by atoms with van der Waals surface area (Å²) in [6, 6.07) is 10.7. The number of methoxy groups -OCH3 is 1. The fourth-order valence-corrected chi connectivity index (χ4v) is 3.33. The zero-order chi connectivity index (χ0) is 16.4. The van der Waals surface area contributed by atoms with Crippen LogP contribution in [0.3, 0.4) is 0 Å². The van der Waals surface area contributed by atoms with Crippen molar-refractivity contribution >= 4 is 5.91 Å². The first-order chi connectivity index (χ1) is 11.0. The summed E-state index contributed by atoms with van der Waals surface area (Å²) in [7, 11) is 1.61. The summed E-state index contributed by atoms with van der Waals surface area (Å²) >= 11 is 0. The quantitative estimate of drug-likeness (QED) is 0.911. The van der Waals surface area contributed by atoms with E-state index in [4.69, 9.17) is 4.74 Å². The van der Waals surface area contributed by atoms with E-state index in [1.807, 2.05) is 24.3 Å². The molecule has 1 aliphatic rings. The average molecular weight is 314 g/mol. The van der Waals surface area contributed by atoms with Crippen molar-refractivity contribution in [3.8, 4) is 5.75 Å². The van der Waals surface area contributed by atoms with Crippen LogP contribution in [-0.4, -0.2) is 40.6 Å². The number of amides is 1. The number of aromatic nitrogens is 1. The highest BCUT2D eigenvalue weighted by atomic mass is 16.5. The van der Waals surface area contributed by atoms with Gasteiger partial charge in [-0.2, -0.15) is 0 Å². The Morgan fingerprint density at radius 3 is 2.70 bits per heavy atom. The second-order valence-corrected chi connectivity index (χ2v) is 6.12. The van der Waals surface area contributed by atoms with Gasteiger partial charge in [0.15, 0.2) is 0 Å². The fourth-order valence-electron chi connectivity index (χ4n) is 3.33. The van der Waals surface area contributed by atoms with Crippen molar-refractivity contribution in [1.29, 1.82) is 0 Å². The van der Waals surface area contributed by atoms with Crippen LogP contribution >= 0.6 is 0 Å². The van der Waals surface area contributed by atoms with Gasteiger partial charge in [0, 0.05) is 12.7 Å². The molecule has 2 atom stereocenters. The Bertz CT molecular complexity index is 662. The highest BCUT2D eigenvalue weighted by Crippen LogP contribution is 2.35. The number of H-pyrrole nitrogens is 1.